The van der Waals surface area contributed by atoms with Crippen molar-refractivity contribution in [2.45, 2.75) is 57.3 Å². The molecule has 1 fully saturated rings. The number of hydrogen-bond donors (Lipinski definition) is 0. The Hall–Kier alpha value is -2.90. The largest absolute Gasteiger partial charge is 0.353 e. The Morgan fingerprint density at radius 2 is 2.17 bits per heavy atom. The number of halogens is 1. The van der Waals surface area contributed by atoms with Gasteiger partial charge in [0.25, 0.3) is 0 Å². The van der Waals surface area contributed by atoms with Gasteiger partial charge in [-0.2, -0.15) is 5.26 Å². The Bertz CT molecular complexity index is 1070. The van der Waals surface area contributed by atoms with Crippen LogP contribution in [0.3, 0.4) is 0 Å². The number of rotatable bonds is 11. The molecule has 1 aliphatic heterocycles. The first-order valence-electron chi connectivity index (χ1n) is 12.2. The molecule has 0 radical (unpaired) electrons. The normalized spacial score (nSPS) is 15.4. The van der Waals surface area contributed by atoms with Crippen LogP contribution in [0, 0.1) is 11.3 Å². The van der Waals surface area contributed by atoms with E-state index in [-0.39, 0.29) is 30.0 Å². The van der Waals surface area contributed by atoms with Gasteiger partial charge < -0.3 is 14.7 Å². The zero-order chi connectivity index (χ0) is 25.9. The smallest absolute Gasteiger partial charge is 0.233 e. The number of piperazine rings is 1. The number of carbonyl (C=O) groups excluding carboxylic acids is 2. The van der Waals surface area contributed by atoms with E-state index in [4.69, 9.17) is 16.9 Å². The maximum atomic E-state index is 13.0. The molecule has 1 unspecified atom stereocenters. The summed E-state index contributed by atoms with van der Waals surface area (Å²) in [6.45, 7) is 6.80. The highest BCUT2D eigenvalue weighted by atomic mass is 35.5. The second-order valence-corrected chi connectivity index (χ2v) is 10.0. The molecule has 9 nitrogen and oxygen atoms in total. The molecule has 1 saturated heterocycles. The van der Waals surface area contributed by atoms with E-state index in [0.29, 0.717) is 55.3 Å². The fourth-order valence-electron chi connectivity index (χ4n) is 4.03. The van der Waals surface area contributed by atoms with Crippen molar-refractivity contribution in [2.24, 2.45) is 0 Å². The average molecular weight is 530 g/mol. The highest BCUT2D eigenvalue weighted by Crippen LogP contribution is 2.25. The van der Waals surface area contributed by atoms with Gasteiger partial charge in [-0.1, -0.05) is 42.8 Å². The lowest BCUT2D eigenvalue weighted by Crippen LogP contribution is -2.54. The maximum Gasteiger partial charge on any atom is 0.233 e. The maximum absolute atomic E-state index is 13.0. The van der Waals surface area contributed by atoms with Crippen molar-refractivity contribution in [3.05, 3.63) is 41.3 Å². The number of pyridine rings is 1. The summed E-state index contributed by atoms with van der Waals surface area (Å²) in [6, 6.07) is 7.60. The first-order valence-corrected chi connectivity index (χ1v) is 13.5. The van der Waals surface area contributed by atoms with E-state index in [1.807, 2.05) is 24.0 Å². The number of aromatic nitrogens is 3. The third kappa shape index (κ3) is 8.07. The minimum absolute atomic E-state index is 0.0655. The van der Waals surface area contributed by atoms with Crippen molar-refractivity contribution < 1.29 is 9.59 Å². The van der Waals surface area contributed by atoms with Crippen molar-refractivity contribution in [2.75, 3.05) is 36.8 Å². The summed E-state index contributed by atoms with van der Waals surface area (Å²) in [5.74, 6) is 0.902. The third-order valence-corrected chi connectivity index (χ3v) is 6.97. The first kappa shape index (κ1) is 27.7. The van der Waals surface area contributed by atoms with E-state index in [9.17, 15) is 9.59 Å². The van der Waals surface area contributed by atoms with Gasteiger partial charge in [-0.25, -0.2) is 9.97 Å². The Labute approximate surface area is 221 Å². The standard InChI is InChI=1S/C25H32ClN7O2S/c1-3-4-8-23(34)33-13-12-31(16-19(33)2)22-14-21(26)29-25(30-22)36-18-24(35)32(11-6-9-27)17-20-7-5-10-28-15-20/h5,7,10,14-15,19H,3-4,6,8,11-13,16-18H2,1-2H3. The molecular weight excluding hydrogens is 498 g/mol. The molecule has 3 heterocycles. The lowest BCUT2D eigenvalue weighted by atomic mass is 10.1. The molecule has 0 spiro atoms. The number of nitriles is 1. The molecule has 2 aromatic heterocycles. The third-order valence-electron chi connectivity index (χ3n) is 5.94. The summed E-state index contributed by atoms with van der Waals surface area (Å²) in [6.07, 6.45) is 6.13. The zero-order valence-corrected chi connectivity index (χ0v) is 22.3. The summed E-state index contributed by atoms with van der Waals surface area (Å²) >= 11 is 7.52. The number of anilines is 1. The highest BCUT2D eigenvalue weighted by molar-refractivity contribution is 7.99. The minimum Gasteiger partial charge on any atom is -0.353 e. The first-order chi connectivity index (χ1) is 17.4. The summed E-state index contributed by atoms with van der Waals surface area (Å²) in [5, 5.41) is 9.72. The second kappa shape index (κ2) is 14.0. The number of carbonyl (C=O) groups is 2. The summed E-state index contributed by atoms with van der Waals surface area (Å²) in [7, 11) is 0. The topological polar surface area (TPSA) is 106 Å². The Morgan fingerprint density at radius 1 is 1.33 bits per heavy atom. The number of unbranched alkanes of at least 4 members (excludes halogenated alkanes) is 1. The molecule has 3 rings (SSSR count). The SMILES string of the molecule is CCCCC(=O)N1CCN(c2cc(Cl)nc(SCC(=O)N(CCC#N)Cc3cccnc3)n2)CC1C. The van der Waals surface area contributed by atoms with Gasteiger partial charge in [0.15, 0.2) is 5.16 Å². The molecule has 2 amide bonds. The van der Waals surface area contributed by atoms with Crippen LogP contribution in [0.4, 0.5) is 5.82 Å². The van der Waals surface area contributed by atoms with Crippen LogP contribution in [-0.4, -0.2) is 74.5 Å². The Morgan fingerprint density at radius 3 is 2.86 bits per heavy atom. The summed E-state index contributed by atoms with van der Waals surface area (Å²) < 4.78 is 0. The van der Waals surface area contributed by atoms with Gasteiger partial charge in [-0.15, -0.1) is 0 Å². The molecule has 0 aromatic carbocycles. The Balaban J connectivity index is 1.62. The number of hydrogen-bond acceptors (Lipinski definition) is 8. The van der Waals surface area contributed by atoms with E-state index < -0.39 is 0 Å². The van der Waals surface area contributed by atoms with E-state index in [1.165, 1.54) is 11.8 Å². The average Bonchev–Trinajstić information content (AvgIpc) is 2.88. The lowest BCUT2D eigenvalue weighted by Gasteiger charge is -2.40. The van der Waals surface area contributed by atoms with Crippen LogP contribution in [0.25, 0.3) is 0 Å². The van der Waals surface area contributed by atoms with Gasteiger partial charge >= 0.3 is 0 Å². The van der Waals surface area contributed by atoms with Crippen LogP contribution in [0.15, 0.2) is 35.7 Å². The molecule has 11 heteroatoms. The van der Waals surface area contributed by atoms with E-state index in [0.717, 1.165) is 18.4 Å². The van der Waals surface area contributed by atoms with Gasteiger partial charge in [-0.3, -0.25) is 14.6 Å². The predicted molar refractivity (Wildman–Crippen MR) is 141 cm³/mol. The van der Waals surface area contributed by atoms with Crippen molar-refractivity contribution in [1.82, 2.24) is 24.8 Å². The van der Waals surface area contributed by atoms with Crippen LogP contribution in [-0.2, 0) is 16.1 Å². The van der Waals surface area contributed by atoms with Gasteiger partial charge in [-0.05, 0) is 25.0 Å². The van der Waals surface area contributed by atoms with Gasteiger partial charge in [0, 0.05) is 63.6 Å². The lowest BCUT2D eigenvalue weighted by molar-refractivity contribution is -0.133. The van der Waals surface area contributed by atoms with E-state index in [1.54, 1.807) is 23.4 Å². The number of nitrogens with zero attached hydrogens (tertiary/aromatic N) is 7. The monoisotopic (exact) mass is 529 g/mol. The van der Waals surface area contributed by atoms with E-state index >= 15 is 0 Å². The molecule has 0 N–H and O–H groups in total. The van der Waals surface area contributed by atoms with Crippen LogP contribution < -0.4 is 4.90 Å². The molecule has 0 aliphatic carbocycles. The van der Waals surface area contributed by atoms with E-state index in [2.05, 4.69) is 32.8 Å². The molecule has 36 heavy (non-hydrogen) atoms. The number of thioether (sulfide) groups is 1. The highest BCUT2D eigenvalue weighted by Gasteiger charge is 2.28. The second-order valence-electron chi connectivity index (χ2n) is 8.69. The van der Waals surface area contributed by atoms with Gasteiger partial charge in [0.1, 0.15) is 11.0 Å². The molecule has 0 bridgehead atoms. The van der Waals surface area contributed by atoms with Crippen molar-refractivity contribution in [1.29, 1.82) is 5.26 Å². The predicted octanol–water partition coefficient (Wildman–Crippen LogP) is 3.79. The number of amides is 2. The molecule has 0 saturated carbocycles. The van der Waals surface area contributed by atoms with Crippen molar-refractivity contribution >= 4 is 41.0 Å². The molecule has 2 aromatic rings. The quantitative estimate of drug-likeness (QED) is 0.246. The fraction of sp³-hybridized carbons (Fsp3) is 0.520. The van der Waals surface area contributed by atoms with Gasteiger partial charge in [0.05, 0.1) is 18.2 Å². The molecule has 1 atom stereocenters. The van der Waals surface area contributed by atoms with Crippen LogP contribution in [0.5, 0.6) is 0 Å². The zero-order valence-electron chi connectivity index (χ0n) is 20.8. The molecule has 1 aliphatic rings. The van der Waals surface area contributed by atoms with Crippen LogP contribution in [0.1, 0.15) is 45.1 Å². The fourth-order valence-corrected chi connectivity index (χ4v) is 5.01. The van der Waals surface area contributed by atoms with Crippen molar-refractivity contribution in [3.8, 4) is 6.07 Å². The summed E-state index contributed by atoms with van der Waals surface area (Å²) in [4.78, 5) is 44.2. The van der Waals surface area contributed by atoms with Crippen LogP contribution >= 0.6 is 23.4 Å². The minimum atomic E-state index is -0.114. The van der Waals surface area contributed by atoms with Crippen molar-refractivity contribution in [3.63, 3.8) is 0 Å². The molecule has 192 valence electrons. The summed E-state index contributed by atoms with van der Waals surface area (Å²) in [5.41, 5.74) is 0.900. The van der Waals surface area contributed by atoms with Gasteiger partial charge in [0.2, 0.25) is 11.8 Å². The molecular formula is C25H32ClN7O2S. The van der Waals surface area contributed by atoms with Crippen LogP contribution in [0.2, 0.25) is 5.15 Å². The Kier molecular flexibility index (Phi) is 10.8.